The molecule has 0 fully saturated rings. The molecule has 2 N–H and O–H groups in total. The molecule has 0 aromatic rings. The van der Waals surface area contributed by atoms with E-state index in [2.05, 4.69) is 6.58 Å². The zero-order valence-corrected chi connectivity index (χ0v) is 7.63. The monoisotopic (exact) mass is 178 g/mol. The highest BCUT2D eigenvalue weighted by Gasteiger charge is 2.24. The van der Waals surface area contributed by atoms with E-state index in [1.807, 2.05) is 6.92 Å². The van der Waals surface area contributed by atoms with Crippen molar-refractivity contribution in [3.05, 3.63) is 12.7 Å². The number of allylic oxidation sites excluding steroid dienone is 1. The molecule has 0 aliphatic heterocycles. The molecule has 0 radical (unpaired) electrons. The first-order valence-corrected chi connectivity index (χ1v) is 5.38. The molecule has 4 heteroatoms. The van der Waals surface area contributed by atoms with E-state index < -0.39 is 13.3 Å². The smallest absolute Gasteiger partial charge is 0.324 e. The standard InChI is InChI=1S/C7H15O3P/c1-3-5-6-7(4-2)11(8,9)10/h4,7H,2-3,5-6H2,1H3,(H2,8,9,10). The van der Waals surface area contributed by atoms with Crippen molar-refractivity contribution in [2.24, 2.45) is 0 Å². The molecule has 0 saturated carbocycles. The normalized spacial score (nSPS) is 14.5. The van der Waals surface area contributed by atoms with Crippen LogP contribution in [-0.2, 0) is 4.57 Å². The molecule has 0 aromatic carbocycles. The van der Waals surface area contributed by atoms with E-state index in [4.69, 9.17) is 9.79 Å². The first-order chi connectivity index (χ1) is 5.02. The van der Waals surface area contributed by atoms with Gasteiger partial charge in [0.15, 0.2) is 0 Å². The lowest BCUT2D eigenvalue weighted by Gasteiger charge is -2.12. The van der Waals surface area contributed by atoms with Crippen molar-refractivity contribution in [1.29, 1.82) is 0 Å². The average molecular weight is 178 g/mol. The lowest BCUT2D eigenvalue weighted by Crippen LogP contribution is -2.03. The van der Waals surface area contributed by atoms with Crippen molar-refractivity contribution < 1.29 is 14.4 Å². The van der Waals surface area contributed by atoms with Gasteiger partial charge in [-0.25, -0.2) is 0 Å². The predicted molar refractivity (Wildman–Crippen MR) is 45.6 cm³/mol. The SMILES string of the molecule is C=CC(CCCC)P(=O)(O)O. The second-order valence-electron chi connectivity index (χ2n) is 2.53. The van der Waals surface area contributed by atoms with Crippen LogP contribution in [0.1, 0.15) is 26.2 Å². The van der Waals surface area contributed by atoms with Crippen LogP contribution in [0.2, 0.25) is 0 Å². The maximum Gasteiger partial charge on any atom is 0.332 e. The van der Waals surface area contributed by atoms with Gasteiger partial charge >= 0.3 is 7.60 Å². The fourth-order valence-corrected chi connectivity index (χ4v) is 1.63. The van der Waals surface area contributed by atoms with Gasteiger partial charge in [-0.15, -0.1) is 6.58 Å². The van der Waals surface area contributed by atoms with E-state index in [-0.39, 0.29) is 0 Å². The summed E-state index contributed by atoms with van der Waals surface area (Å²) in [6.45, 7) is 5.37. The van der Waals surface area contributed by atoms with Crippen molar-refractivity contribution in [2.45, 2.75) is 31.8 Å². The Labute approximate surface area is 67.3 Å². The molecule has 0 heterocycles. The molecule has 0 spiro atoms. The van der Waals surface area contributed by atoms with Gasteiger partial charge in [0.1, 0.15) is 0 Å². The highest BCUT2D eigenvalue weighted by atomic mass is 31.2. The van der Waals surface area contributed by atoms with E-state index in [1.54, 1.807) is 0 Å². The van der Waals surface area contributed by atoms with Crippen molar-refractivity contribution in [1.82, 2.24) is 0 Å². The highest BCUT2D eigenvalue weighted by molar-refractivity contribution is 7.52. The molecule has 66 valence electrons. The van der Waals surface area contributed by atoms with E-state index in [9.17, 15) is 4.57 Å². The fraction of sp³-hybridized carbons (Fsp3) is 0.714. The van der Waals surface area contributed by atoms with E-state index in [0.29, 0.717) is 6.42 Å². The van der Waals surface area contributed by atoms with Gasteiger partial charge in [0.05, 0.1) is 5.66 Å². The van der Waals surface area contributed by atoms with Gasteiger partial charge in [-0.05, 0) is 6.42 Å². The third-order valence-corrected chi connectivity index (χ3v) is 2.89. The highest BCUT2D eigenvalue weighted by Crippen LogP contribution is 2.43. The minimum Gasteiger partial charge on any atom is -0.324 e. The molecule has 11 heavy (non-hydrogen) atoms. The summed E-state index contributed by atoms with van der Waals surface area (Å²) in [6, 6.07) is 0. The van der Waals surface area contributed by atoms with E-state index >= 15 is 0 Å². The van der Waals surface area contributed by atoms with Gasteiger partial charge in [-0.3, -0.25) is 4.57 Å². The minimum absolute atomic E-state index is 0.532. The van der Waals surface area contributed by atoms with Crippen LogP contribution in [0.4, 0.5) is 0 Å². The Bertz CT molecular complexity index is 161. The second kappa shape index (κ2) is 4.70. The maximum absolute atomic E-state index is 10.7. The number of hydrogen-bond acceptors (Lipinski definition) is 1. The molecule has 1 unspecified atom stereocenters. The van der Waals surface area contributed by atoms with Gasteiger partial charge < -0.3 is 9.79 Å². The molecule has 0 aromatic heterocycles. The Morgan fingerprint density at radius 2 is 2.18 bits per heavy atom. The molecular weight excluding hydrogens is 163 g/mol. The average Bonchev–Trinajstić information content (AvgIpc) is 1.87. The van der Waals surface area contributed by atoms with Crippen LogP contribution in [0.25, 0.3) is 0 Å². The Hall–Kier alpha value is -0.110. The lowest BCUT2D eigenvalue weighted by atomic mass is 10.2. The van der Waals surface area contributed by atoms with E-state index in [1.165, 1.54) is 6.08 Å². The lowest BCUT2D eigenvalue weighted by molar-refractivity contribution is 0.361. The Balaban J connectivity index is 3.97. The summed E-state index contributed by atoms with van der Waals surface area (Å²) >= 11 is 0. The van der Waals surface area contributed by atoms with Gasteiger partial charge in [-0.2, -0.15) is 0 Å². The summed E-state index contributed by atoms with van der Waals surface area (Å²) in [5, 5.41) is 0. The van der Waals surface area contributed by atoms with Crippen molar-refractivity contribution >= 4 is 7.60 Å². The summed E-state index contributed by atoms with van der Waals surface area (Å²) < 4.78 is 10.7. The maximum atomic E-state index is 10.7. The van der Waals surface area contributed by atoms with Crippen LogP contribution in [0.15, 0.2) is 12.7 Å². The van der Waals surface area contributed by atoms with Crippen molar-refractivity contribution in [3.63, 3.8) is 0 Å². The zero-order chi connectivity index (χ0) is 8.91. The van der Waals surface area contributed by atoms with Crippen LogP contribution in [0.5, 0.6) is 0 Å². The van der Waals surface area contributed by atoms with Crippen molar-refractivity contribution in [3.8, 4) is 0 Å². The second-order valence-corrected chi connectivity index (χ2v) is 4.38. The summed E-state index contributed by atoms with van der Waals surface area (Å²) in [7, 11) is -3.92. The molecule has 0 rings (SSSR count). The predicted octanol–water partition coefficient (Wildman–Crippen LogP) is 1.91. The van der Waals surface area contributed by atoms with Crippen LogP contribution in [-0.4, -0.2) is 15.4 Å². The molecule has 1 atom stereocenters. The molecule has 0 aliphatic carbocycles. The number of unbranched alkanes of at least 4 members (excludes halogenated alkanes) is 1. The summed E-state index contributed by atoms with van der Waals surface area (Å²) in [4.78, 5) is 17.5. The summed E-state index contributed by atoms with van der Waals surface area (Å²) in [5.41, 5.74) is -0.651. The number of rotatable bonds is 5. The van der Waals surface area contributed by atoms with E-state index in [0.717, 1.165) is 12.8 Å². The van der Waals surface area contributed by atoms with Crippen LogP contribution < -0.4 is 0 Å². The van der Waals surface area contributed by atoms with Gasteiger partial charge in [0, 0.05) is 0 Å². The van der Waals surface area contributed by atoms with Crippen LogP contribution in [0.3, 0.4) is 0 Å². The molecule has 0 amide bonds. The molecular formula is C7H15O3P. The summed E-state index contributed by atoms with van der Waals surface area (Å²) in [5.74, 6) is 0. The minimum atomic E-state index is -3.92. The van der Waals surface area contributed by atoms with Gasteiger partial charge in [-0.1, -0.05) is 25.8 Å². The Kier molecular flexibility index (Phi) is 4.66. The number of hydrogen-bond donors (Lipinski definition) is 2. The largest absolute Gasteiger partial charge is 0.332 e. The first-order valence-electron chi connectivity index (χ1n) is 3.70. The van der Waals surface area contributed by atoms with Gasteiger partial charge in [0.25, 0.3) is 0 Å². The first kappa shape index (κ1) is 10.9. The van der Waals surface area contributed by atoms with Gasteiger partial charge in [0.2, 0.25) is 0 Å². The molecule has 0 bridgehead atoms. The Morgan fingerprint density at radius 1 is 1.64 bits per heavy atom. The molecule has 0 aliphatic rings. The zero-order valence-electron chi connectivity index (χ0n) is 6.73. The molecule has 0 saturated heterocycles. The fourth-order valence-electron chi connectivity index (χ4n) is 0.837. The van der Waals surface area contributed by atoms with Crippen molar-refractivity contribution in [2.75, 3.05) is 0 Å². The van der Waals surface area contributed by atoms with Crippen LogP contribution in [0, 0.1) is 0 Å². The van der Waals surface area contributed by atoms with Crippen LogP contribution >= 0.6 is 7.60 Å². The Morgan fingerprint density at radius 3 is 2.45 bits per heavy atom. The summed E-state index contributed by atoms with van der Waals surface area (Å²) in [6.07, 6.45) is 3.66. The third-order valence-electron chi connectivity index (χ3n) is 1.56. The third kappa shape index (κ3) is 4.35. The molecule has 3 nitrogen and oxygen atoms in total. The topological polar surface area (TPSA) is 57.5 Å². The quantitative estimate of drug-likeness (QED) is 0.499.